The van der Waals surface area contributed by atoms with Gasteiger partial charge in [0.15, 0.2) is 0 Å². The Kier molecular flexibility index (Phi) is 2.82. The van der Waals surface area contributed by atoms with E-state index in [1.165, 1.54) is 13.1 Å². The van der Waals surface area contributed by atoms with Gasteiger partial charge in [0.2, 0.25) is 10.0 Å². The molecule has 14 heavy (non-hydrogen) atoms. The van der Waals surface area contributed by atoms with Gasteiger partial charge in [-0.25, -0.2) is 13.1 Å². The quantitative estimate of drug-likeness (QED) is 0.715. The van der Waals surface area contributed by atoms with Crippen LogP contribution in [0, 0.1) is 13.8 Å². The van der Waals surface area contributed by atoms with E-state index < -0.39 is 10.0 Å². The summed E-state index contributed by atoms with van der Waals surface area (Å²) in [5.41, 5.74) is 7.97. The van der Waals surface area contributed by atoms with E-state index >= 15 is 0 Å². The number of aryl methyl sites for hydroxylation is 1. The van der Waals surface area contributed by atoms with Crippen LogP contribution in [0.25, 0.3) is 0 Å². The van der Waals surface area contributed by atoms with Gasteiger partial charge in [0.05, 0.1) is 4.90 Å². The molecule has 0 aliphatic rings. The van der Waals surface area contributed by atoms with E-state index in [-0.39, 0.29) is 4.90 Å². The number of nitrogens with one attached hydrogen (secondary N) is 1. The van der Waals surface area contributed by atoms with Crippen LogP contribution >= 0.6 is 0 Å². The van der Waals surface area contributed by atoms with Gasteiger partial charge >= 0.3 is 0 Å². The van der Waals surface area contributed by atoms with Gasteiger partial charge in [0.1, 0.15) is 0 Å². The zero-order valence-electron chi connectivity index (χ0n) is 8.46. The van der Waals surface area contributed by atoms with Crippen LogP contribution in [0.1, 0.15) is 11.1 Å². The molecular weight excluding hydrogens is 200 g/mol. The van der Waals surface area contributed by atoms with Gasteiger partial charge in [-0.15, -0.1) is 0 Å². The van der Waals surface area contributed by atoms with Crippen molar-refractivity contribution in [2.45, 2.75) is 18.7 Å². The van der Waals surface area contributed by atoms with Crippen LogP contribution in [-0.2, 0) is 10.0 Å². The van der Waals surface area contributed by atoms with E-state index in [1.807, 2.05) is 13.8 Å². The number of hydrogen-bond acceptors (Lipinski definition) is 3. The van der Waals surface area contributed by atoms with E-state index in [4.69, 9.17) is 5.73 Å². The van der Waals surface area contributed by atoms with Crippen molar-refractivity contribution in [3.05, 3.63) is 23.3 Å². The third-order valence-electron chi connectivity index (χ3n) is 2.26. The van der Waals surface area contributed by atoms with Crippen molar-refractivity contribution in [2.24, 2.45) is 0 Å². The molecule has 0 heterocycles. The minimum Gasteiger partial charge on any atom is -0.398 e. The van der Waals surface area contributed by atoms with E-state index in [0.29, 0.717) is 5.69 Å². The average molecular weight is 214 g/mol. The molecule has 78 valence electrons. The van der Waals surface area contributed by atoms with Gasteiger partial charge in [0.25, 0.3) is 0 Å². The second kappa shape index (κ2) is 3.59. The molecule has 0 aromatic heterocycles. The molecule has 0 spiro atoms. The van der Waals surface area contributed by atoms with Crippen LogP contribution in [-0.4, -0.2) is 15.5 Å². The smallest absolute Gasteiger partial charge is 0.240 e. The average Bonchev–Trinajstić information content (AvgIpc) is 2.13. The molecule has 0 atom stereocenters. The summed E-state index contributed by atoms with van der Waals surface area (Å²) >= 11 is 0. The summed E-state index contributed by atoms with van der Waals surface area (Å²) in [5.74, 6) is 0. The predicted octanol–water partition coefficient (Wildman–Crippen LogP) is 0.794. The minimum atomic E-state index is -3.39. The largest absolute Gasteiger partial charge is 0.398 e. The highest BCUT2D eigenvalue weighted by atomic mass is 32.2. The second-order valence-electron chi connectivity index (χ2n) is 3.16. The maximum atomic E-state index is 11.5. The summed E-state index contributed by atoms with van der Waals surface area (Å²) in [6, 6.07) is 3.08. The predicted molar refractivity (Wildman–Crippen MR) is 56.6 cm³/mol. The lowest BCUT2D eigenvalue weighted by Crippen LogP contribution is -2.19. The molecule has 1 aromatic carbocycles. The Labute approximate surface area is 84.2 Å². The molecule has 0 fully saturated rings. The SMILES string of the molecule is CNS(=O)(=O)c1cc(C)c(C)c(N)c1. The first kappa shape index (κ1) is 11.0. The van der Waals surface area contributed by atoms with Crippen molar-refractivity contribution in [3.63, 3.8) is 0 Å². The number of rotatable bonds is 2. The Hall–Kier alpha value is -1.07. The lowest BCUT2D eigenvalue weighted by Gasteiger charge is -2.08. The molecule has 0 radical (unpaired) electrons. The number of nitrogen functional groups attached to an aromatic ring is 1. The zero-order valence-corrected chi connectivity index (χ0v) is 9.27. The van der Waals surface area contributed by atoms with Gasteiger partial charge in [0, 0.05) is 5.69 Å². The van der Waals surface area contributed by atoms with Crippen LogP contribution in [0.5, 0.6) is 0 Å². The van der Waals surface area contributed by atoms with Crippen molar-refractivity contribution in [1.29, 1.82) is 0 Å². The van der Waals surface area contributed by atoms with Gasteiger partial charge in [-0.05, 0) is 44.2 Å². The molecule has 0 bridgehead atoms. The van der Waals surface area contributed by atoms with Gasteiger partial charge in [-0.1, -0.05) is 0 Å². The third-order valence-corrected chi connectivity index (χ3v) is 3.65. The maximum Gasteiger partial charge on any atom is 0.240 e. The lowest BCUT2D eigenvalue weighted by atomic mass is 10.1. The van der Waals surface area contributed by atoms with Gasteiger partial charge in [-0.2, -0.15) is 0 Å². The number of anilines is 1. The van der Waals surface area contributed by atoms with E-state index in [1.54, 1.807) is 6.07 Å². The standard InChI is InChI=1S/C9H14N2O2S/c1-6-4-8(14(12,13)11-3)5-9(10)7(6)2/h4-5,11H,10H2,1-3H3. The second-order valence-corrected chi connectivity index (χ2v) is 5.05. The molecule has 0 saturated carbocycles. The highest BCUT2D eigenvalue weighted by Gasteiger charge is 2.13. The van der Waals surface area contributed by atoms with Crippen LogP contribution in [0.2, 0.25) is 0 Å². The number of sulfonamides is 1. The monoisotopic (exact) mass is 214 g/mol. The molecule has 0 aliphatic heterocycles. The summed E-state index contributed by atoms with van der Waals surface area (Å²) in [6.45, 7) is 3.70. The van der Waals surface area contributed by atoms with Crippen LogP contribution in [0.4, 0.5) is 5.69 Å². The topological polar surface area (TPSA) is 72.2 Å². The molecule has 4 nitrogen and oxygen atoms in total. The highest BCUT2D eigenvalue weighted by molar-refractivity contribution is 7.89. The summed E-state index contributed by atoms with van der Waals surface area (Å²) < 4.78 is 25.1. The Balaban J connectivity index is 3.41. The van der Waals surface area contributed by atoms with E-state index in [2.05, 4.69) is 4.72 Å². The van der Waals surface area contributed by atoms with E-state index in [9.17, 15) is 8.42 Å². The Bertz CT molecular complexity index is 429. The highest BCUT2D eigenvalue weighted by Crippen LogP contribution is 2.20. The maximum absolute atomic E-state index is 11.5. The zero-order chi connectivity index (χ0) is 10.9. The lowest BCUT2D eigenvalue weighted by molar-refractivity contribution is 0.588. The molecule has 1 aromatic rings. The molecule has 0 unspecified atom stereocenters. The first-order valence-corrected chi connectivity index (χ1v) is 5.67. The van der Waals surface area contributed by atoms with Crippen molar-refractivity contribution in [1.82, 2.24) is 4.72 Å². The Morgan fingerprint density at radius 1 is 1.29 bits per heavy atom. The van der Waals surface area contributed by atoms with Gasteiger partial charge < -0.3 is 5.73 Å². The van der Waals surface area contributed by atoms with Gasteiger partial charge in [-0.3, -0.25) is 0 Å². The molecule has 5 heteroatoms. The molecule has 0 amide bonds. The summed E-state index contributed by atoms with van der Waals surface area (Å²) in [7, 11) is -2.01. The van der Waals surface area contributed by atoms with Crippen molar-refractivity contribution in [2.75, 3.05) is 12.8 Å². The molecule has 0 saturated heterocycles. The normalized spacial score (nSPS) is 11.6. The minimum absolute atomic E-state index is 0.209. The Morgan fingerprint density at radius 3 is 2.29 bits per heavy atom. The number of nitrogens with two attached hydrogens (primary N) is 1. The summed E-state index contributed by atoms with van der Waals surface area (Å²) in [4.78, 5) is 0.209. The fourth-order valence-corrected chi connectivity index (χ4v) is 1.98. The first-order valence-electron chi connectivity index (χ1n) is 4.18. The van der Waals surface area contributed by atoms with Crippen molar-refractivity contribution >= 4 is 15.7 Å². The van der Waals surface area contributed by atoms with Crippen LogP contribution in [0.3, 0.4) is 0 Å². The van der Waals surface area contributed by atoms with E-state index in [0.717, 1.165) is 11.1 Å². The van der Waals surface area contributed by atoms with Crippen LogP contribution < -0.4 is 10.5 Å². The van der Waals surface area contributed by atoms with Crippen molar-refractivity contribution < 1.29 is 8.42 Å². The molecule has 0 aliphatic carbocycles. The number of hydrogen-bond donors (Lipinski definition) is 2. The number of benzene rings is 1. The fourth-order valence-electron chi connectivity index (χ4n) is 1.13. The van der Waals surface area contributed by atoms with Crippen molar-refractivity contribution in [3.8, 4) is 0 Å². The molecule has 3 N–H and O–H groups in total. The fraction of sp³-hybridized carbons (Fsp3) is 0.333. The molecule has 1 rings (SSSR count). The van der Waals surface area contributed by atoms with Crippen LogP contribution in [0.15, 0.2) is 17.0 Å². The third kappa shape index (κ3) is 1.88. The Morgan fingerprint density at radius 2 is 1.86 bits per heavy atom. The first-order chi connectivity index (χ1) is 6.38. The summed E-state index contributed by atoms with van der Waals surface area (Å²) in [6.07, 6.45) is 0. The summed E-state index contributed by atoms with van der Waals surface area (Å²) in [5, 5.41) is 0. The molecular formula is C9H14N2O2S.